The summed E-state index contributed by atoms with van der Waals surface area (Å²) >= 11 is 1.77. The van der Waals surface area contributed by atoms with Gasteiger partial charge in [-0.05, 0) is 26.2 Å². The van der Waals surface area contributed by atoms with Crippen molar-refractivity contribution < 1.29 is 4.74 Å². The molecule has 0 radical (unpaired) electrons. The third kappa shape index (κ3) is 2.70. The average molecular weight is 281 g/mol. The second-order valence-electron chi connectivity index (χ2n) is 5.80. The molecule has 1 saturated heterocycles. The van der Waals surface area contributed by atoms with E-state index >= 15 is 0 Å². The molecular formula is C14H23N3OS. The lowest BCUT2D eigenvalue weighted by Gasteiger charge is -2.29. The molecule has 2 unspecified atom stereocenters. The van der Waals surface area contributed by atoms with Crippen LogP contribution in [0.5, 0.6) is 0 Å². The summed E-state index contributed by atoms with van der Waals surface area (Å²) in [5, 5.41) is 7.04. The van der Waals surface area contributed by atoms with Gasteiger partial charge in [-0.3, -0.25) is 4.90 Å². The van der Waals surface area contributed by atoms with E-state index in [0.29, 0.717) is 6.04 Å². The molecule has 1 aromatic rings. The zero-order chi connectivity index (χ0) is 13.3. The van der Waals surface area contributed by atoms with Gasteiger partial charge in [-0.25, -0.2) is 4.98 Å². The topological polar surface area (TPSA) is 37.4 Å². The van der Waals surface area contributed by atoms with E-state index in [1.807, 2.05) is 6.20 Å². The van der Waals surface area contributed by atoms with Crippen molar-refractivity contribution in [1.29, 1.82) is 0 Å². The Kier molecular flexibility index (Phi) is 3.89. The number of ether oxygens (including phenoxy) is 1. The number of nitrogens with one attached hydrogen (secondary N) is 1. The minimum atomic E-state index is 0.0364. The molecule has 0 amide bonds. The largest absolute Gasteiger partial charge is 0.383 e. The van der Waals surface area contributed by atoms with Crippen molar-refractivity contribution in [3.63, 3.8) is 0 Å². The number of methoxy groups -OCH3 is 1. The Morgan fingerprint density at radius 2 is 2.42 bits per heavy atom. The SMILES string of the molecule is COCCNC1(c2nccs2)CC(C)N(C2CC2)C1. The van der Waals surface area contributed by atoms with Gasteiger partial charge in [0.15, 0.2) is 0 Å². The van der Waals surface area contributed by atoms with Crippen molar-refractivity contribution in [3.05, 3.63) is 16.6 Å². The number of rotatable bonds is 6. The van der Waals surface area contributed by atoms with E-state index in [1.165, 1.54) is 17.8 Å². The zero-order valence-electron chi connectivity index (χ0n) is 11.8. The molecule has 4 nitrogen and oxygen atoms in total. The minimum absolute atomic E-state index is 0.0364. The maximum absolute atomic E-state index is 5.18. The molecule has 1 aliphatic carbocycles. The number of aromatic nitrogens is 1. The summed E-state index contributed by atoms with van der Waals surface area (Å²) in [6.45, 7) is 5.09. The summed E-state index contributed by atoms with van der Waals surface area (Å²) in [4.78, 5) is 7.25. The van der Waals surface area contributed by atoms with Crippen molar-refractivity contribution in [3.8, 4) is 0 Å². The van der Waals surface area contributed by atoms with Crippen molar-refractivity contribution in [1.82, 2.24) is 15.2 Å². The van der Waals surface area contributed by atoms with Crippen LogP contribution < -0.4 is 5.32 Å². The van der Waals surface area contributed by atoms with Crippen LogP contribution in [0, 0.1) is 0 Å². The fraction of sp³-hybridized carbons (Fsp3) is 0.786. The predicted octanol–water partition coefficient (Wildman–Crippen LogP) is 1.83. The van der Waals surface area contributed by atoms with E-state index in [1.54, 1.807) is 18.4 Å². The molecule has 2 aliphatic rings. The van der Waals surface area contributed by atoms with Crippen molar-refractivity contribution >= 4 is 11.3 Å². The molecule has 1 aromatic heterocycles. The van der Waals surface area contributed by atoms with Gasteiger partial charge in [0.05, 0.1) is 12.1 Å². The molecule has 19 heavy (non-hydrogen) atoms. The third-order valence-corrected chi connectivity index (χ3v) is 5.27. The first-order chi connectivity index (χ1) is 9.25. The lowest BCUT2D eigenvalue weighted by Crippen LogP contribution is -2.46. The molecule has 1 aliphatic heterocycles. The number of hydrogen-bond donors (Lipinski definition) is 1. The zero-order valence-corrected chi connectivity index (χ0v) is 12.6. The van der Waals surface area contributed by atoms with Crippen molar-refractivity contribution in [2.45, 2.75) is 43.8 Å². The predicted molar refractivity (Wildman–Crippen MR) is 77.5 cm³/mol. The fourth-order valence-corrected chi connectivity index (χ4v) is 4.08. The molecule has 2 fully saturated rings. The van der Waals surface area contributed by atoms with Crippen LogP contribution in [-0.4, -0.2) is 48.8 Å². The first-order valence-corrected chi connectivity index (χ1v) is 8.03. The second-order valence-corrected chi connectivity index (χ2v) is 6.69. The first-order valence-electron chi connectivity index (χ1n) is 7.15. The molecule has 5 heteroatoms. The van der Waals surface area contributed by atoms with Crippen LogP contribution in [0.25, 0.3) is 0 Å². The number of nitrogens with zero attached hydrogens (tertiary/aromatic N) is 2. The molecule has 0 bridgehead atoms. The molecular weight excluding hydrogens is 258 g/mol. The Morgan fingerprint density at radius 1 is 1.58 bits per heavy atom. The Labute approximate surface area is 119 Å². The van der Waals surface area contributed by atoms with Gasteiger partial charge >= 0.3 is 0 Å². The summed E-state index contributed by atoms with van der Waals surface area (Å²) in [6.07, 6.45) is 5.82. The van der Waals surface area contributed by atoms with Gasteiger partial charge in [0.2, 0.25) is 0 Å². The van der Waals surface area contributed by atoms with Gasteiger partial charge in [0, 0.05) is 43.9 Å². The van der Waals surface area contributed by atoms with Crippen LogP contribution in [0.4, 0.5) is 0 Å². The van der Waals surface area contributed by atoms with Gasteiger partial charge < -0.3 is 10.1 Å². The smallest absolute Gasteiger partial charge is 0.114 e. The number of likely N-dealkylation sites (tertiary alicyclic amines) is 1. The maximum atomic E-state index is 5.18. The van der Waals surface area contributed by atoms with E-state index in [2.05, 4.69) is 27.5 Å². The molecule has 1 saturated carbocycles. The van der Waals surface area contributed by atoms with E-state index in [-0.39, 0.29) is 5.54 Å². The lowest BCUT2D eigenvalue weighted by molar-refractivity contribution is 0.181. The van der Waals surface area contributed by atoms with Gasteiger partial charge in [0.1, 0.15) is 5.01 Å². The standard InChI is InChI=1S/C14H23N3OS/c1-11-9-14(16-5-7-18-2,13-15-6-8-19-13)10-17(11)12-3-4-12/h6,8,11-12,16H,3-5,7,9-10H2,1-2H3. The first kappa shape index (κ1) is 13.5. The summed E-state index contributed by atoms with van der Waals surface area (Å²) in [6, 6.07) is 1.47. The highest BCUT2D eigenvalue weighted by Crippen LogP contribution is 2.42. The molecule has 0 aromatic carbocycles. The second kappa shape index (κ2) is 5.48. The summed E-state index contributed by atoms with van der Waals surface area (Å²) < 4.78 is 5.18. The molecule has 2 atom stereocenters. The highest BCUT2D eigenvalue weighted by molar-refractivity contribution is 7.09. The van der Waals surface area contributed by atoms with Crippen molar-refractivity contribution in [2.24, 2.45) is 0 Å². The highest BCUT2D eigenvalue weighted by Gasteiger charge is 2.48. The average Bonchev–Trinajstić information content (AvgIpc) is 2.97. The van der Waals surface area contributed by atoms with Crippen molar-refractivity contribution in [2.75, 3.05) is 26.8 Å². The molecule has 1 N–H and O–H groups in total. The van der Waals surface area contributed by atoms with Crippen LogP contribution in [0.2, 0.25) is 0 Å². The van der Waals surface area contributed by atoms with E-state index in [9.17, 15) is 0 Å². The molecule has 2 heterocycles. The molecule has 106 valence electrons. The normalized spacial score (nSPS) is 32.0. The van der Waals surface area contributed by atoms with Crippen LogP contribution in [-0.2, 0) is 10.3 Å². The summed E-state index contributed by atoms with van der Waals surface area (Å²) in [7, 11) is 1.76. The highest BCUT2D eigenvalue weighted by atomic mass is 32.1. The summed E-state index contributed by atoms with van der Waals surface area (Å²) in [5.74, 6) is 0. The van der Waals surface area contributed by atoms with E-state index in [0.717, 1.165) is 32.2 Å². The lowest BCUT2D eigenvalue weighted by atomic mass is 9.97. The Morgan fingerprint density at radius 3 is 3.05 bits per heavy atom. The monoisotopic (exact) mass is 281 g/mol. The van der Waals surface area contributed by atoms with Gasteiger partial charge in [-0.15, -0.1) is 11.3 Å². The van der Waals surface area contributed by atoms with Gasteiger partial charge in [-0.2, -0.15) is 0 Å². The van der Waals surface area contributed by atoms with Gasteiger partial charge in [0.25, 0.3) is 0 Å². The van der Waals surface area contributed by atoms with Gasteiger partial charge in [-0.1, -0.05) is 0 Å². The Balaban J connectivity index is 1.77. The van der Waals surface area contributed by atoms with Crippen LogP contribution in [0.3, 0.4) is 0 Å². The van der Waals surface area contributed by atoms with E-state index in [4.69, 9.17) is 4.74 Å². The van der Waals surface area contributed by atoms with Crippen LogP contribution in [0.1, 0.15) is 31.2 Å². The molecule has 0 spiro atoms. The quantitative estimate of drug-likeness (QED) is 0.807. The molecule has 3 rings (SSSR count). The third-order valence-electron chi connectivity index (χ3n) is 4.29. The van der Waals surface area contributed by atoms with Crippen LogP contribution in [0.15, 0.2) is 11.6 Å². The number of thiazole rings is 1. The Hall–Kier alpha value is -0.490. The minimum Gasteiger partial charge on any atom is -0.383 e. The number of hydrogen-bond acceptors (Lipinski definition) is 5. The Bertz CT molecular complexity index is 407. The fourth-order valence-electron chi connectivity index (χ4n) is 3.26. The maximum Gasteiger partial charge on any atom is 0.114 e. The summed E-state index contributed by atoms with van der Waals surface area (Å²) in [5.41, 5.74) is 0.0364. The van der Waals surface area contributed by atoms with Crippen LogP contribution >= 0.6 is 11.3 Å². The van der Waals surface area contributed by atoms with E-state index < -0.39 is 0 Å².